The normalized spacial score (nSPS) is 11.4. The van der Waals surface area contributed by atoms with Gasteiger partial charge in [-0.3, -0.25) is 14.4 Å². The van der Waals surface area contributed by atoms with Gasteiger partial charge in [-0.1, -0.05) is 25.1 Å². The molecule has 1 unspecified atom stereocenters. The van der Waals surface area contributed by atoms with Gasteiger partial charge in [-0.15, -0.1) is 0 Å². The van der Waals surface area contributed by atoms with Crippen LogP contribution in [0.15, 0.2) is 71.3 Å². The standard InChI is InChI=1S/C24H25N3O4/c1-3-16(2)26-23(29)18-8-4-7-17(13-18)15-25-22(28)19-9-5-10-20(14-19)27-24(30)21-11-6-12-31-21/h4-14,16H,3,15H2,1-2H3,(H,25,28)(H,26,29)(H,27,30). The van der Waals surface area contributed by atoms with E-state index in [9.17, 15) is 14.4 Å². The third-order valence-electron chi connectivity index (χ3n) is 4.76. The molecule has 2 aromatic carbocycles. The molecule has 0 aliphatic heterocycles. The van der Waals surface area contributed by atoms with Gasteiger partial charge < -0.3 is 20.4 Å². The Kier molecular flexibility index (Phi) is 7.22. The number of nitrogens with one attached hydrogen (secondary N) is 3. The molecule has 3 N–H and O–H groups in total. The van der Waals surface area contributed by atoms with Crippen LogP contribution in [0.25, 0.3) is 0 Å². The number of carbonyl (C=O) groups is 3. The molecule has 160 valence electrons. The highest BCUT2D eigenvalue weighted by Gasteiger charge is 2.12. The van der Waals surface area contributed by atoms with Crippen molar-refractivity contribution in [2.24, 2.45) is 0 Å². The molecule has 3 amide bonds. The van der Waals surface area contributed by atoms with Gasteiger partial charge in [0.15, 0.2) is 5.76 Å². The molecule has 0 saturated heterocycles. The fraction of sp³-hybridized carbons (Fsp3) is 0.208. The average molecular weight is 419 g/mol. The first-order chi connectivity index (χ1) is 15.0. The van der Waals surface area contributed by atoms with E-state index >= 15 is 0 Å². The molecule has 0 bridgehead atoms. The van der Waals surface area contributed by atoms with Gasteiger partial charge in [-0.25, -0.2) is 0 Å². The lowest BCUT2D eigenvalue weighted by Crippen LogP contribution is -2.32. The summed E-state index contributed by atoms with van der Waals surface area (Å²) >= 11 is 0. The zero-order chi connectivity index (χ0) is 22.2. The maximum absolute atomic E-state index is 12.6. The predicted octanol–water partition coefficient (Wildman–Crippen LogP) is 3.99. The third-order valence-corrected chi connectivity index (χ3v) is 4.76. The van der Waals surface area contributed by atoms with Crippen LogP contribution in [0.1, 0.15) is 57.1 Å². The molecule has 0 spiro atoms. The highest BCUT2D eigenvalue weighted by molar-refractivity contribution is 6.03. The van der Waals surface area contributed by atoms with Crippen LogP contribution in [0, 0.1) is 0 Å². The van der Waals surface area contributed by atoms with Crippen LogP contribution >= 0.6 is 0 Å². The van der Waals surface area contributed by atoms with E-state index in [1.54, 1.807) is 54.6 Å². The fourth-order valence-corrected chi connectivity index (χ4v) is 2.85. The SMILES string of the molecule is CCC(C)NC(=O)c1cccc(CNC(=O)c2cccc(NC(=O)c3ccco3)c2)c1. The molecule has 3 aromatic rings. The second-order valence-electron chi connectivity index (χ2n) is 7.18. The number of amides is 3. The summed E-state index contributed by atoms with van der Waals surface area (Å²) in [4.78, 5) is 37.0. The highest BCUT2D eigenvalue weighted by atomic mass is 16.3. The number of rotatable bonds is 8. The van der Waals surface area contributed by atoms with Crippen molar-refractivity contribution in [2.75, 3.05) is 5.32 Å². The first kappa shape index (κ1) is 21.8. The van der Waals surface area contributed by atoms with Gasteiger partial charge in [-0.05, 0) is 61.4 Å². The molecule has 31 heavy (non-hydrogen) atoms. The van der Waals surface area contributed by atoms with Crippen LogP contribution in [-0.4, -0.2) is 23.8 Å². The minimum Gasteiger partial charge on any atom is -0.459 e. The molecule has 0 aliphatic carbocycles. The molecule has 3 rings (SSSR count). The molecule has 1 heterocycles. The zero-order valence-corrected chi connectivity index (χ0v) is 17.5. The van der Waals surface area contributed by atoms with Crippen molar-refractivity contribution in [1.82, 2.24) is 10.6 Å². The minimum atomic E-state index is -0.393. The number of anilines is 1. The Morgan fingerprint density at radius 2 is 1.65 bits per heavy atom. The van der Waals surface area contributed by atoms with Gasteiger partial charge in [-0.2, -0.15) is 0 Å². The van der Waals surface area contributed by atoms with Gasteiger partial charge in [0.05, 0.1) is 6.26 Å². The van der Waals surface area contributed by atoms with Crippen molar-refractivity contribution in [3.63, 3.8) is 0 Å². The predicted molar refractivity (Wildman–Crippen MR) is 118 cm³/mol. The monoisotopic (exact) mass is 419 g/mol. The highest BCUT2D eigenvalue weighted by Crippen LogP contribution is 2.13. The van der Waals surface area contributed by atoms with Crippen LogP contribution in [-0.2, 0) is 6.54 Å². The Morgan fingerprint density at radius 1 is 0.903 bits per heavy atom. The average Bonchev–Trinajstić information content (AvgIpc) is 3.33. The van der Waals surface area contributed by atoms with E-state index < -0.39 is 5.91 Å². The van der Waals surface area contributed by atoms with Crippen LogP contribution in [0.3, 0.4) is 0 Å². The van der Waals surface area contributed by atoms with Crippen molar-refractivity contribution in [3.8, 4) is 0 Å². The topological polar surface area (TPSA) is 100 Å². The second kappa shape index (κ2) is 10.2. The number of benzene rings is 2. The second-order valence-corrected chi connectivity index (χ2v) is 7.18. The minimum absolute atomic E-state index is 0.0939. The lowest BCUT2D eigenvalue weighted by molar-refractivity contribution is 0.0936. The van der Waals surface area contributed by atoms with E-state index in [1.807, 2.05) is 19.9 Å². The van der Waals surface area contributed by atoms with Crippen LogP contribution in [0.2, 0.25) is 0 Å². The molecule has 1 aromatic heterocycles. The number of carbonyl (C=O) groups excluding carboxylic acids is 3. The van der Waals surface area contributed by atoms with E-state index in [2.05, 4.69) is 16.0 Å². The van der Waals surface area contributed by atoms with E-state index in [4.69, 9.17) is 4.42 Å². The quantitative estimate of drug-likeness (QED) is 0.514. The van der Waals surface area contributed by atoms with Crippen LogP contribution in [0.5, 0.6) is 0 Å². The Bertz CT molecular complexity index is 1060. The molecule has 0 aliphatic rings. The molecule has 1 atom stereocenters. The summed E-state index contributed by atoms with van der Waals surface area (Å²) in [6, 6.07) is 17.1. The Labute approximate surface area is 180 Å². The molecule has 7 nitrogen and oxygen atoms in total. The molecular formula is C24H25N3O4. The molecule has 0 fully saturated rings. The summed E-state index contributed by atoms with van der Waals surface area (Å²) < 4.78 is 5.07. The van der Waals surface area contributed by atoms with Gasteiger partial charge in [0.2, 0.25) is 0 Å². The van der Waals surface area contributed by atoms with Crippen LogP contribution < -0.4 is 16.0 Å². The molecule has 0 saturated carbocycles. The van der Waals surface area contributed by atoms with Crippen molar-refractivity contribution in [3.05, 3.63) is 89.4 Å². The smallest absolute Gasteiger partial charge is 0.291 e. The maximum Gasteiger partial charge on any atom is 0.291 e. The Hall–Kier alpha value is -3.87. The van der Waals surface area contributed by atoms with Crippen molar-refractivity contribution >= 4 is 23.4 Å². The fourth-order valence-electron chi connectivity index (χ4n) is 2.85. The number of hydrogen-bond acceptors (Lipinski definition) is 4. The zero-order valence-electron chi connectivity index (χ0n) is 17.5. The van der Waals surface area contributed by atoms with Gasteiger partial charge in [0.25, 0.3) is 17.7 Å². The van der Waals surface area contributed by atoms with Gasteiger partial charge in [0.1, 0.15) is 0 Å². The number of hydrogen-bond donors (Lipinski definition) is 3. The van der Waals surface area contributed by atoms with E-state index in [0.717, 1.165) is 12.0 Å². The Morgan fingerprint density at radius 3 is 2.35 bits per heavy atom. The van der Waals surface area contributed by atoms with Crippen molar-refractivity contribution < 1.29 is 18.8 Å². The molecule has 7 heteroatoms. The summed E-state index contributed by atoms with van der Waals surface area (Å²) in [5.74, 6) is -0.631. The first-order valence-corrected chi connectivity index (χ1v) is 10.1. The summed E-state index contributed by atoms with van der Waals surface area (Å²) in [5, 5.41) is 8.46. The summed E-state index contributed by atoms with van der Waals surface area (Å²) in [6.07, 6.45) is 2.27. The summed E-state index contributed by atoms with van der Waals surface area (Å²) in [6.45, 7) is 4.23. The van der Waals surface area contributed by atoms with Crippen LogP contribution in [0.4, 0.5) is 5.69 Å². The van der Waals surface area contributed by atoms with Crippen molar-refractivity contribution in [2.45, 2.75) is 32.9 Å². The maximum atomic E-state index is 12.6. The first-order valence-electron chi connectivity index (χ1n) is 10.1. The number of furan rings is 1. The van der Waals surface area contributed by atoms with Gasteiger partial charge >= 0.3 is 0 Å². The summed E-state index contributed by atoms with van der Waals surface area (Å²) in [7, 11) is 0. The largest absolute Gasteiger partial charge is 0.459 e. The van der Waals surface area contributed by atoms with Crippen molar-refractivity contribution in [1.29, 1.82) is 0 Å². The summed E-state index contributed by atoms with van der Waals surface area (Å²) in [5.41, 5.74) is 2.25. The van der Waals surface area contributed by atoms with E-state index in [1.165, 1.54) is 6.26 Å². The third kappa shape index (κ3) is 6.05. The van der Waals surface area contributed by atoms with E-state index in [0.29, 0.717) is 16.8 Å². The Balaban J connectivity index is 1.60. The lowest BCUT2D eigenvalue weighted by atomic mass is 10.1. The van der Waals surface area contributed by atoms with Gasteiger partial charge in [0, 0.05) is 29.4 Å². The lowest BCUT2D eigenvalue weighted by Gasteiger charge is -2.12. The molecule has 0 radical (unpaired) electrons. The molecular weight excluding hydrogens is 394 g/mol. The van der Waals surface area contributed by atoms with E-state index in [-0.39, 0.29) is 30.2 Å².